The quantitative estimate of drug-likeness (QED) is 0.122. The molecule has 0 saturated heterocycles. The molecular weight excluding hydrogens is 360 g/mol. The van der Waals surface area contributed by atoms with E-state index in [0.29, 0.717) is 5.75 Å². The number of nitrogens with one attached hydrogen (secondary N) is 2. The van der Waals surface area contributed by atoms with E-state index < -0.39 is 10.8 Å². The summed E-state index contributed by atoms with van der Waals surface area (Å²) in [6.07, 6.45) is 2.59. The summed E-state index contributed by atoms with van der Waals surface area (Å²) < 4.78 is 15.3. The van der Waals surface area contributed by atoms with E-state index in [2.05, 4.69) is 5.32 Å². The molecule has 0 aromatic heterocycles. The van der Waals surface area contributed by atoms with E-state index in [1.54, 1.807) is 0 Å². The summed E-state index contributed by atoms with van der Waals surface area (Å²) in [6, 6.07) is 2.63. The lowest BCUT2D eigenvalue weighted by Gasteiger charge is -2.08. The highest BCUT2D eigenvalue weighted by Gasteiger charge is 2.18. The van der Waals surface area contributed by atoms with E-state index in [1.165, 1.54) is 32.4 Å². The topological polar surface area (TPSA) is 155 Å². The van der Waals surface area contributed by atoms with Crippen LogP contribution in [0.1, 0.15) is 12.0 Å². The van der Waals surface area contributed by atoms with Crippen molar-refractivity contribution < 1.29 is 28.7 Å². The number of nitrogens with two attached hydrogens (primary N) is 1. The number of ether oxygens (including phenoxy) is 3. The third-order valence-corrected chi connectivity index (χ3v) is 3.32. The molecule has 0 aliphatic rings. The van der Waals surface area contributed by atoms with Crippen molar-refractivity contribution >= 4 is 23.6 Å². The molecule has 0 radical (unpaired) electrons. The van der Waals surface area contributed by atoms with Crippen LogP contribution in [0.2, 0.25) is 0 Å². The minimum Gasteiger partial charge on any atom is -0.493 e. The summed E-state index contributed by atoms with van der Waals surface area (Å²) >= 11 is 0. The molecule has 1 aromatic carbocycles. The minimum absolute atomic E-state index is 0.118. The lowest BCUT2D eigenvalue weighted by atomic mass is 10.1. The van der Waals surface area contributed by atoms with Crippen molar-refractivity contribution in [1.29, 1.82) is 0 Å². The van der Waals surface area contributed by atoms with Gasteiger partial charge in [-0.2, -0.15) is 0 Å². The molecule has 0 unspecified atom stereocenters. The Kier molecular flexibility index (Phi) is 9.26. The molecule has 148 valence electrons. The first-order chi connectivity index (χ1) is 12.9. The number of hydrogen-bond acceptors (Lipinski definition) is 8. The van der Waals surface area contributed by atoms with Gasteiger partial charge in [0.15, 0.2) is 11.5 Å². The van der Waals surface area contributed by atoms with Crippen molar-refractivity contribution in [3.8, 4) is 11.5 Å². The fraction of sp³-hybridized carbons (Fsp3) is 0.375. The molecule has 27 heavy (non-hydrogen) atoms. The van der Waals surface area contributed by atoms with Crippen molar-refractivity contribution in [1.82, 2.24) is 10.7 Å². The van der Waals surface area contributed by atoms with Crippen LogP contribution in [0.25, 0.3) is 6.08 Å². The van der Waals surface area contributed by atoms with Gasteiger partial charge in [-0.15, -0.1) is 0 Å². The zero-order valence-electron chi connectivity index (χ0n) is 15.0. The third-order valence-electron chi connectivity index (χ3n) is 3.32. The van der Waals surface area contributed by atoms with Gasteiger partial charge in [-0.1, -0.05) is 0 Å². The third kappa shape index (κ3) is 7.30. The summed E-state index contributed by atoms with van der Waals surface area (Å²) in [5.74, 6) is 4.63. The van der Waals surface area contributed by atoms with Crippen LogP contribution in [0.3, 0.4) is 0 Å². The Morgan fingerprint density at radius 3 is 2.48 bits per heavy atom. The summed E-state index contributed by atoms with van der Waals surface area (Å²) in [6.45, 7) is 0.585. The largest absolute Gasteiger partial charge is 0.493 e. The second-order valence-electron chi connectivity index (χ2n) is 5.08. The van der Waals surface area contributed by atoms with Gasteiger partial charge in [0, 0.05) is 12.6 Å². The highest BCUT2D eigenvalue weighted by atomic mass is 16.6. The number of nitro benzene ring substituents is 1. The lowest BCUT2D eigenvalue weighted by molar-refractivity contribution is -0.385. The zero-order chi connectivity index (χ0) is 20.2. The fourth-order valence-electron chi connectivity index (χ4n) is 1.99. The summed E-state index contributed by atoms with van der Waals surface area (Å²) in [5.41, 5.74) is 1.94. The maximum absolute atomic E-state index is 11.8. The van der Waals surface area contributed by atoms with Crippen LogP contribution >= 0.6 is 0 Å². The van der Waals surface area contributed by atoms with E-state index in [1.807, 2.05) is 5.43 Å². The van der Waals surface area contributed by atoms with Crippen molar-refractivity contribution in [2.24, 2.45) is 5.84 Å². The van der Waals surface area contributed by atoms with Crippen LogP contribution in [0.4, 0.5) is 5.69 Å². The van der Waals surface area contributed by atoms with Gasteiger partial charge in [0.1, 0.15) is 0 Å². The molecule has 4 N–H and O–H groups in total. The SMILES string of the molecule is COc1cc(/C=C/C(=O)NCCOCCC(=O)NN)c([N+](=O)[O-])cc1OC. The second kappa shape index (κ2) is 11.4. The maximum Gasteiger partial charge on any atom is 0.280 e. The molecule has 0 fully saturated rings. The number of amides is 2. The van der Waals surface area contributed by atoms with Gasteiger partial charge in [-0.25, -0.2) is 5.84 Å². The standard InChI is InChI=1S/C16H22N4O7/c1-25-13-9-11(12(20(23)24)10-14(13)26-2)3-4-15(21)18-6-8-27-7-5-16(22)19-17/h3-4,9-10H,5-8,17H2,1-2H3,(H,18,21)(H,19,22)/b4-3+. The van der Waals surface area contributed by atoms with Crippen LogP contribution in [0, 0.1) is 10.1 Å². The highest BCUT2D eigenvalue weighted by Crippen LogP contribution is 2.35. The van der Waals surface area contributed by atoms with Crippen LogP contribution in [0.15, 0.2) is 18.2 Å². The summed E-state index contributed by atoms with van der Waals surface area (Å²) in [5, 5.41) is 13.8. The number of hydrazine groups is 1. The number of methoxy groups -OCH3 is 2. The summed E-state index contributed by atoms with van der Waals surface area (Å²) in [4.78, 5) is 33.3. The van der Waals surface area contributed by atoms with E-state index >= 15 is 0 Å². The van der Waals surface area contributed by atoms with Crippen LogP contribution in [-0.2, 0) is 14.3 Å². The van der Waals surface area contributed by atoms with Gasteiger partial charge < -0.3 is 19.5 Å². The molecular formula is C16H22N4O7. The first-order valence-electron chi connectivity index (χ1n) is 7.86. The fourth-order valence-corrected chi connectivity index (χ4v) is 1.99. The molecule has 0 spiro atoms. The first kappa shape index (κ1) is 21.9. The lowest BCUT2D eigenvalue weighted by Crippen LogP contribution is -2.31. The molecule has 2 amide bonds. The average molecular weight is 382 g/mol. The molecule has 0 heterocycles. The summed E-state index contributed by atoms with van der Waals surface area (Å²) in [7, 11) is 2.77. The number of rotatable bonds is 11. The molecule has 0 saturated carbocycles. The molecule has 0 aliphatic carbocycles. The normalized spacial score (nSPS) is 10.5. The Morgan fingerprint density at radius 1 is 1.22 bits per heavy atom. The predicted molar refractivity (Wildman–Crippen MR) is 96.0 cm³/mol. The Hall–Kier alpha value is -3.18. The van der Waals surface area contributed by atoms with E-state index in [0.717, 1.165) is 6.08 Å². The van der Waals surface area contributed by atoms with E-state index in [9.17, 15) is 19.7 Å². The minimum atomic E-state index is -0.579. The van der Waals surface area contributed by atoms with Crippen molar-refractivity contribution in [2.45, 2.75) is 6.42 Å². The molecule has 0 aliphatic heterocycles. The molecule has 11 heteroatoms. The van der Waals surface area contributed by atoms with E-state index in [4.69, 9.17) is 20.1 Å². The van der Waals surface area contributed by atoms with Crippen molar-refractivity contribution in [3.63, 3.8) is 0 Å². The second-order valence-corrected chi connectivity index (χ2v) is 5.08. The Balaban J connectivity index is 2.61. The molecule has 0 atom stereocenters. The van der Waals surface area contributed by atoms with Crippen molar-refractivity contribution in [2.75, 3.05) is 34.0 Å². The van der Waals surface area contributed by atoms with E-state index in [-0.39, 0.29) is 49.1 Å². The Morgan fingerprint density at radius 2 is 1.89 bits per heavy atom. The number of hydrogen-bond donors (Lipinski definition) is 3. The number of carbonyl (C=O) groups excluding carboxylic acids is 2. The van der Waals surface area contributed by atoms with Crippen LogP contribution < -0.4 is 26.1 Å². The average Bonchev–Trinajstić information content (AvgIpc) is 2.67. The molecule has 0 bridgehead atoms. The van der Waals surface area contributed by atoms with Gasteiger partial charge in [-0.3, -0.25) is 25.1 Å². The number of nitrogens with zero attached hydrogens (tertiary/aromatic N) is 1. The van der Waals surface area contributed by atoms with Gasteiger partial charge in [0.2, 0.25) is 11.8 Å². The van der Waals surface area contributed by atoms with Crippen LogP contribution in [-0.4, -0.2) is 50.7 Å². The Labute approximate surface area is 155 Å². The predicted octanol–water partition coefficient (Wildman–Crippen LogP) is 0.138. The van der Waals surface area contributed by atoms with Crippen molar-refractivity contribution in [3.05, 3.63) is 33.9 Å². The molecule has 11 nitrogen and oxygen atoms in total. The monoisotopic (exact) mass is 382 g/mol. The number of benzene rings is 1. The number of nitro groups is 1. The van der Waals surface area contributed by atoms with Gasteiger partial charge in [0.05, 0.1) is 50.4 Å². The zero-order valence-corrected chi connectivity index (χ0v) is 15.0. The Bertz CT molecular complexity index is 706. The smallest absolute Gasteiger partial charge is 0.280 e. The van der Waals surface area contributed by atoms with Gasteiger partial charge in [0.25, 0.3) is 5.69 Å². The van der Waals surface area contributed by atoms with Gasteiger partial charge >= 0.3 is 0 Å². The first-order valence-corrected chi connectivity index (χ1v) is 7.86. The molecule has 1 rings (SSSR count). The highest BCUT2D eigenvalue weighted by molar-refractivity contribution is 5.92. The maximum atomic E-state index is 11.8. The number of carbonyl (C=O) groups is 2. The molecule has 1 aromatic rings. The van der Waals surface area contributed by atoms with Gasteiger partial charge in [-0.05, 0) is 12.1 Å². The van der Waals surface area contributed by atoms with Crippen LogP contribution in [0.5, 0.6) is 11.5 Å².